The van der Waals surface area contributed by atoms with Crippen molar-refractivity contribution in [2.24, 2.45) is 5.92 Å². The minimum Gasteiger partial charge on any atom is -0.444 e. The molecule has 1 amide bonds. The molecule has 2 atom stereocenters. The van der Waals surface area contributed by atoms with E-state index in [1.807, 2.05) is 50.9 Å². The Morgan fingerprint density at radius 2 is 2.27 bits per heavy atom. The van der Waals surface area contributed by atoms with E-state index in [9.17, 15) is 4.79 Å². The lowest BCUT2D eigenvalue weighted by molar-refractivity contribution is -0.00452. The molecule has 1 aromatic heterocycles. The van der Waals surface area contributed by atoms with E-state index in [1.54, 1.807) is 0 Å². The van der Waals surface area contributed by atoms with Crippen LogP contribution in [0, 0.1) is 5.92 Å². The quantitative estimate of drug-likeness (QED) is 0.922. The van der Waals surface area contributed by atoms with Crippen LogP contribution >= 0.6 is 0 Å². The van der Waals surface area contributed by atoms with Gasteiger partial charge in [0.2, 0.25) is 0 Å². The van der Waals surface area contributed by atoms with Crippen molar-refractivity contribution in [3.63, 3.8) is 0 Å². The second-order valence-electron chi connectivity index (χ2n) is 7.04. The molecule has 0 aromatic carbocycles. The number of aromatic amines is 1. The van der Waals surface area contributed by atoms with Gasteiger partial charge >= 0.3 is 6.09 Å². The molecule has 1 aliphatic rings. The second kappa shape index (κ2) is 7.18. The number of likely N-dealkylation sites (tertiary alicyclic amines) is 1. The summed E-state index contributed by atoms with van der Waals surface area (Å²) in [5.74, 6) is 0.374. The highest BCUT2D eigenvalue weighted by molar-refractivity contribution is 5.68. The van der Waals surface area contributed by atoms with Crippen molar-refractivity contribution in [2.75, 3.05) is 19.7 Å². The van der Waals surface area contributed by atoms with E-state index < -0.39 is 5.60 Å². The monoisotopic (exact) mass is 308 g/mol. The molecule has 1 saturated heterocycles. The van der Waals surface area contributed by atoms with E-state index in [1.165, 1.54) is 0 Å². The SMILES string of the molecule is C[C@@H](OC[C@H]1CCCN(C(=O)OC(C)(C)C)C1)c1ccc[nH]1. The minimum atomic E-state index is -0.442. The molecule has 22 heavy (non-hydrogen) atoms. The molecule has 1 aliphatic heterocycles. The molecule has 2 heterocycles. The van der Waals surface area contributed by atoms with Crippen LogP contribution < -0.4 is 0 Å². The van der Waals surface area contributed by atoms with Gasteiger partial charge < -0.3 is 19.4 Å². The highest BCUT2D eigenvalue weighted by Gasteiger charge is 2.28. The maximum absolute atomic E-state index is 12.1. The maximum Gasteiger partial charge on any atom is 0.410 e. The Labute approximate surface area is 133 Å². The fourth-order valence-corrected chi connectivity index (χ4v) is 2.66. The number of hydrogen-bond donors (Lipinski definition) is 1. The van der Waals surface area contributed by atoms with E-state index in [0.29, 0.717) is 19.1 Å². The number of H-pyrrole nitrogens is 1. The van der Waals surface area contributed by atoms with Crippen LogP contribution in [0.25, 0.3) is 0 Å². The first kappa shape index (κ1) is 16.9. The molecule has 0 saturated carbocycles. The fourth-order valence-electron chi connectivity index (χ4n) is 2.66. The van der Waals surface area contributed by atoms with Gasteiger partial charge in [0.1, 0.15) is 5.60 Å². The number of amides is 1. The molecule has 5 nitrogen and oxygen atoms in total. The number of hydrogen-bond acceptors (Lipinski definition) is 3. The Kier molecular flexibility index (Phi) is 5.51. The zero-order chi connectivity index (χ0) is 16.2. The summed E-state index contributed by atoms with van der Waals surface area (Å²) in [7, 11) is 0. The lowest BCUT2D eigenvalue weighted by Crippen LogP contribution is -2.43. The van der Waals surface area contributed by atoms with E-state index in [4.69, 9.17) is 9.47 Å². The van der Waals surface area contributed by atoms with Crippen molar-refractivity contribution in [1.29, 1.82) is 0 Å². The van der Waals surface area contributed by atoms with Gasteiger partial charge in [0, 0.05) is 30.9 Å². The van der Waals surface area contributed by atoms with Gasteiger partial charge in [-0.1, -0.05) is 0 Å². The number of nitrogens with zero attached hydrogens (tertiary/aromatic N) is 1. The van der Waals surface area contributed by atoms with Gasteiger partial charge in [0.05, 0.1) is 12.7 Å². The first-order valence-electron chi connectivity index (χ1n) is 8.08. The zero-order valence-electron chi connectivity index (χ0n) is 14.1. The largest absolute Gasteiger partial charge is 0.444 e. The van der Waals surface area contributed by atoms with Gasteiger partial charge in [-0.05, 0) is 52.7 Å². The molecule has 5 heteroatoms. The van der Waals surface area contributed by atoms with Gasteiger partial charge in [0.15, 0.2) is 0 Å². The number of rotatable bonds is 4. The summed E-state index contributed by atoms with van der Waals surface area (Å²) >= 11 is 0. The zero-order valence-corrected chi connectivity index (χ0v) is 14.1. The van der Waals surface area contributed by atoms with Crippen LogP contribution in [0.3, 0.4) is 0 Å². The van der Waals surface area contributed by atoms with Crippen molar-refractivity contribution in [3.05, 3.63) is 24.0 Å². The third-order valence-electron chi connectivity index (χ3n) is 3.81. The van der Waals surface area contributed by atoms with E-state index in [2.05, 4.69) is 4.98 Å². The summed E-state index contributed by atoms with van der Waals surface area (Å²) in [6, 6.07) is 4.00. The molecule has 124 valence electrons. The van der Waals surface area contributed by atoms with Gasteiger partial charge in [-0.25, -0.2) is 4.79 Å². The number of nitrogens with one attached hydrogen (secondary N) is 1. The topological polar surface area (TPSA) is 54.6 Å². The number of carbonyl (C=O) groups is 1. The summed E-state index contributed by atoms with van der Waals surface area (Å²) in [6.07, 6.45) is 3.84. The van der Waals surface area contributed by atoms with Gasteiger partial charge in [0.25, 0.3) is 0 Å². The van der Waals surface area contributed by atoms with Crippen molar-refractivity contribution in [3.8, 4) is 0 Å². The number of piperidine rings is 1. The third kappa shape index (κ3) is 5.05. The van der Waals surface area contributed by atoms with E-state index in [0.717, 1.165) is 25.1 Å². The Balaban J connectivity index is 1.79. The predicted octanol–water partition coefficient (Wildman–Crippen LogP) is 3.74. The molecule has 0 bridgehead atoms. The van der Waals surface area contributed by atoms with Crippen molar-refractivity contribution in [1.82, 2.24) is 9.88 Å². The number of aromatic nitrogens is 1. The lowest BCUT2D eigenvalue weighted by Gasteiger charge is -2.34. The van der Waals surface area contributed by atoms with E-state index >= 15 is 0 Å². The molecule has 0 radical (unpaired) electrons. The molecule has 1 aromatic rings. The Bertz CT molecular complexity index is 465. The standard InChI is InChI=1S/C17H28N2O3/c1-13(15-8-5-9-18-15)21-12-14-7-6-10-19(11-14)16(20)22-17(2,3)4/h5,8-9,13-14,18H,6-7,10-12H2,1-4H3/t13-,14+/m1/s1. The summed E-state index contributed by atoms with van der Waals surface area (Å²) in [6.45, 7) is 9.89. The molecular formula is C17H28N2O3. The van der Waals surface area contributed by atoms with Crippen LogP contribution in [0.5, 0.6) is 0 Å². The fraction of sp³-hybridized carbons (Fsp3) is 0.706. The first-order valence-corrected chi connectivity index (χ1v) is 8.08. The average molecular weight is 308 g/mol. The predicted molar refractivity (Wildman–Crippen MR) is 85.7 cm³/mol. The van der Waals surface area contributed by atoms with Crippen LogP contribution in [-0.4, -0.2) is 41.3 Å². The molecular weight excluding hydrogens is 280 g/mol. The van der Waals surface area contributed by atoms with Crippen LogP contribution in [0.1, 0.15) is 52.3 Å². The Morgan fingerprint density at radius 1 is 1.50 bits per heavy atom. The summed E-state index contributed by atoms with van der Waals surface area (Å²) < 4.78 is 11.4. The Morgan fingerprint density at radius 3 is 2.91 bits per heavy atom. The highest BCUT2D eigenvalue weighted by atomic mass is 16.6. The van der Waals surface area contributed by atoms with Crippen molar-refractivity contribution in [2.45, 2.75) is 52.2 Å². The van der Waals surface area contributed by atoms with Crippen LogP contribution in [0.15, 0.2) is 18.3 Å². The number of carbonyl (C=O) groups excluding carboxylic acids is 1. The van der Waals surface area contributed by atoms with Gasteiger partial charge in [-0.2, -0.15) is 0 Å². The minimum absolute atomic E-state index is 0.0481. The molecule has 2 rings (SSSR count). The van der Waals surface area contributed by atoms with Crippen molar-refractivity contribution >= 4 is 6.09 Å². The maximum atomic E-state index is 12.1. The Hall–Kier alpha value is -1.49. The summed E-state index contributed by atoms with van der Waals surface area (Å²) in [4.78, 5) is 17.1. The van der Waals surface area contributed by atoms with Crippen LogP contribution in [0.2, 0.25) is 0 Å². The molecule has 1 fully saturated rings. The number of ether oxygens (including phenoxy) is 2. The van der Waals surface area contributed by atoms with Crippen LogP contribution in [0.4, 0.5) is 4.79 Å². The lowest BCUT2D eigenvalue weighted by atomic mass is 9.99. The smallest absolute Gasteiger partial charge is 0.410 e. The molecule has 0 unspecified atom stereocenters. The second-order valence-corrected chi connectivity index (χ2v) is 7.04. The van der Waals surface area contributed by atoms with Crippen LogP contribution in [-0.2, 0) is 9.47 Å². The average Bonchev–Trinajstić information content (AvgIpc) is 2.97. The highest BCUT2D eigenvalue weighted by Crippen LogP contribution is 2.22. The van der Waals surface area contributed by atoms with Gasteiger partial charge in [-0.3, -0.25) is 0 Å². The van der Waals surface area contributed by atoms with E-state index in [-0.39, 0.29) is 12.2 Å². The third-order valence-corrected chi connectivity index (χ3v) is 3.81. The van der Waals surface area contributed by atoms with Crippen molar-refractivity contribution < 1.29 is 14.3 Å². The molecule has 0 aliphatic carbocycles. The summed E-state index contributed by atoms with van der Waals surface area (Å²) in [5, 5.41) is 0. The molecule has 0 spiro atoms. The first-order chi connectivity index (χ1) is 10.3. The van der Waals surface area contributed by atoms with Gasteiger partial charge in [-0.15, -0.1) is 0 Å². The summed E-state index contributed by atoms with van der Waals surface area (Å²) in [5.41, 5.74) is 0.641. The molecule has 1 N–H and O–H groups in total. The normalized spacial score (nSPS) is 20.7.